The molecule has 0 aromatic carbocycles. The fraction of sp³-hybridized carbons (Fsp3) is 0.917. The quantitative estimate of drug-likeness (QED) is 0.762. The summed E-state index contributed by atoms with van der Waals surface area (Å²) in [6, 6.07) is 0.595. The van der Waals surface area contributed by atoms with Gasteiger partial charge in [0.2, 0.25) is 0 Å². The maximum Gasteiger partial charge on any atom is 0.307 e. The van der Waals surface area contributed by atoms with Gasteiger partial charge in [-0.25, -0.2) is 0 Å². The summed E-state index contributed by atoms with van der Waals surface area (Å²) in [4.78, 5) is 13.3. The van der Waals surface area contributed by atoms with Crippen molar-refractivity contribution in [2.75, 3.05) is 13.1 Å². The van der Waals surface area contributed by atoms with Gasteiger partial charge in [-0.05, 0) is 32.2 Å². The van der Waals surface area contributed by atoms with Crippen LogP contribution in [0.1, 0.15) is 46.0 Å². The van der Waals surface area contributed by atoms with Gasteiger partial charge >= 0.3 is 5.97 Å². The molecular weight excluding hydrogens is 190 g/mol. The number of hydrogen-bond acceptors (Lipinski definition) is 2. The number of carboxylic acids is 1. The van der Waals surface area contributed by atoms with Crippen molar-refractivity contribution in [3.8, 4) is 0 Å². The molecule has 15 heavy (non-hydrogen) atoms. The van der Waals surface area contributed by atoms with Gasteiger partial charge in [0.25, 0.3) is 0 Å². The van der Waals surface area contributed by atoms with Crippen LogP contribution < -0.4 is 0 Å². The summed E-state index contributed by atoms with van der Waals surface area (Å²) in [5, 5.41) is 9.01. The van der Waals surface area contributed by atoms with Crippen LogP contribution in [0.3, 0.4) is 0 Å². The molecule has 0 saturated carbocycles. The van der Waals surface area contributed by atoms with Gasteiger partial charge in [-0.3, -0.25) is 9.69 Å². The summed E-state index contributed by atoms with van der Waals surface area (Å²) < 4.78 is 0. The Morgan fingerprint density at radius 2 is 2.27 bits per heavy atom. The smallest absolute Gasteiger partial charge is 0.307 e. The lowest BCUT2D eigenvalue weighted by Gasteiger charge is -2.36. The number of nitrogens with zero attached hydrogens (tertiary/aromatic N) is 1. The number of hydrogen-bond donors (Lipinski definition) is 1. The molecule has 1 aliphatic rings. The van der Waals surface area contributed by atoms with Gasteiger partial charge in [0.15, 0.2) is 0 Å². The van der Waals surface area contributed by atoms with E-state index in [1.165, 1.54) is 12.8 Å². The molecule has 0 bridgehead atoms. The van der Waals surface area contributed by atoms with Crippen molar-refractivity contribution in [3.05, 3.63) is 0 Å². The second-order valence-corrected chi connectivity index (χ2v) is 4.52. The summed E-state index contributed by atoms with van der Waals surface area (Å²) in [5.74, 6) is -0.754. The standard InChI is InChI=1S/C12H23NO2/c1-3-6-11(4-2)13-8-5-7-10(9-13)12(14)15/h10-11H,3-9H2,1-2H3,(H,14,15). The third-order valence-electron chi connectivity index (χ3n) is 3.41. The Kier molecular flexibility index (Phi) is 5.09. The first kappa shape index (κ1) is 12.5. The summed E-state index contributed by atoms with van der Waals surface area (Å²) in [6.45, 7) is 6.24. The second kappa shape index (κ2) is 6.11. The summed E-state index contributed by atoms with van der Waals surface area (Å²) >= 11 is 0. The number of rotatable bonds is 5. The van der Waals surface area contributed by atoms with E-state index < -0.39 is 5.97 Å². The van der Waals surface area contributed by atoms with Crippen LogP contribution in [0, 0.1) is 5.92 Å². The molecule has 1 heterocycles. The first-order valence-corrected chi connectivity index (χ1v) is 6.15. The SMILES string of the molecule is CCCC(CC)N1CCCC(C(=O)O)C1. The highest BCUT2D eigenvalue weighted by molar-refractivity contribution is 5.70. The maximum absolute atomic E-state index is 10.9. The molecule has 0 radical (unpaired) electrons. The summed E-state index contributed by atoms with van der Waals surface area (Å²) in [5.41, 5.74) is 0. The summed E-state index contributed by atoms with van der Waals surface area (Å²) in [6.07, 6.45) is 5.42. The van der Waals surface area contributed by atoms with Crippen LogP contribution in [0.4, 0.5) is 0 Å². The fourth-order valence-electron chi connectivity index (χ4n) is 2.52. The van der Waals surface area contributed by atoms with E-state index in [0.29, 0.717) is 6.04 Å². The topological polar surface area (TPSA) is 40.5 Å². The summed E-state index contributed by atoms with van der Waals surface area (Å²) in [7, 11) is 0. The molecule has 3 nitrogen and oxygen atoms in total. The van der Waals surface area contributed by atoms with Crippen LogP contribution in [-0.2, 0) is 4.79 Å². The minimum absolute atomic E-state index is 0.135. The predicted molar refractivity (Wildman–Crippen MR) is 60.9 cm³/mol. The number of likely N-dealkylation sites (tertiary alicyclic amines) is 1. The lowest BCUT2D eigenvalue weighted by Crippen LogP contribution is -2.44. The third kappa shape index (κ3) is 3.49. The minimum atomic E-state index is -0.619. The van der Waals surface area contributed by atoms with E-state index in [2.05, 4.69) is 18.7 Å². The van der Waals surface area contributed by atoms with E-state index in [1.807, 2.05) is 0 Å². The Labute approximate surface area is 92.5 Å². The van der Waals surface area contributed by atoms with Gasteiger partial charge in [-0.2, -0.15) is 0 Å². The first-order valence-electron chi connectivity index (χ1n) is 6.15. The Bertz CT molecular complexity index is 206. The van der Waals surface area contributed by atoms with Crippen molar-refractivity contribution >= 4 is 5.97 Å². The van der Waals surface area contributed by atoms with Crippen molar-refractivity contribution in [1.29, 1.82) is 0 Å². The van der Waals surface area contributed by atoms with Gasteiger partial charge in [0.05, 0.1) is 5.92 Å². The molecule has 1 N–H and O–H groups in total. The molecule has 0 amide bonds. The average molecular weight is 213 g/mol. The van der Waals surface area contributed by atoms with Crippen LogP contribution in [0.25, 0.3) is 0 Å². The van der Waals surface area contributed by atoms with E-state index in [0.717, 1.165) is 32.4 Å². The van der Waals surface area contributed by atoms with Crippen LogP contribution in [-0.4, -0.2) is 35.1 Å². The van der Waals surface area contributed by atoms with Crippen molar-refractivity contribution in [1.82, 2.24) is 4.90 Å². The lowest BCUT2D eigenvalue weighted by atomic mass is 9.95. The average Bonchev–Trinajstić information content (AvgIpc) is 2.26. The van der Waals surface area contributed by atoms with Gasteiger partial charge in [0, 0.05) is 12.6 Å². The van der Waals surface area contributed by atoms with Crippen LogP contribution >= 0.6 is 0 Å². The monoisotopic (exact) mass is 213 g/mol. The highest BCUT2D eigenvalue weighted by atomic mass is 16.4. The molecule has 1 saturated heterocycles. The molecule has 0 aromatic rings. The minimum Gasteiger partial charge on any atom is -0.481 e. The van der Waals surface area contributed by atoms with Crippen molar-refractivity contribution in [2.24, 2.45) is 5.92 Å². The Morgan fingerprint density at radius 3 is 2.80 bits per heavy atom. The molecule has 3 heteroatoms. The molecule has 1 aliphatic heterocycles. The lowest BCUT2D eigenvalue weighted by molar-refractivity contribution is -0.144. The van der Waals surface area contributed by atoms with Crippen molar-refractivity contribution in [2.45, 2.75) is 52.0 Å². The highest BCUT2D eigenvalue weighted by Crippen LogP contribution is 2.21. The molecule has 1 rings (SSSR count). The molecule has 0 spiro atoms. The highest BCUT2D eigenvalue weighted by Gasteiger charge is 2.28. The maximum atomic E-state index is 10.9. The number of piperidine rings is 1. The molecular formula is C12H23NO2. The Balaban J connectivity index is 2.49. The molecule has 0 aromatic heterocycles. The normalized spacial score (nSPS) is 25.1. The van der Waals surface area contributed by atoms with E-state index in [9.17, 15) is 4.79 Å². The van der Waals surface area contributed by atoms with Gasteiger partial charge in [0.1, 0.15) is 0 Å². The largest absolute Gasteiger partial charge is 0.481 e. The van der Waals surface area contributed by atoms with E-state index in [1.54, 1.807) is 0 Å². The van der Waals surface area contributed by atoms with Crippen molar-refractivity contribution in [3.63, 3.8) is 0 Å². The molecule has 2 unspecified atom stereocenters. The van der Waals surface area contributed by atoms with Gasteiger partial charge < -0.3 is 5.11 Å². The zero-order chi connectivity index (χ0) is 11.3. The molecule has 1 fully saturated rings. The second-order valence-electron chi connectivity index (χ2n) is 4.52. The van der Waals surface area contributed by atoms with Crippen LogP contribution in [0.15, 0.2) is 0 Å². The molecule has 2 atom stereocenters. The van der Waals surface area contributed by atoms with Crippen LogP contribution in [0.2, 0.25) is 0 Å². The third-order valence-corrected chi connectivity index (χ3v) is 3.41. The van der Waals surface area contributed by atoms with E-state index in [4.69, 9.17) is 5.11 Å². The van der Waals surface area contributed by atoms with Gasteiger partial charge in [-0.15, -0.1) is 0 Å². The number of carbonyl (C=O) groups is 1. The van der Waals surface area contributed by atoms with E-state index >= 15 is 0 Å². The fourth-order valence-corrected chi connectivity index (χ4v) is 2.52. The van der Waals surface area contributed by atoms with Crippen molar-refractivity contribution < 1.29 is 9.90 Å². The zero-order valence-electron chi connectivity index (χ0n) is 9.91. The van der Waals surface area contributed by atoms with Gasteiger partial charge in [-0.1, -0.05) is 20.3 Å². The van der Waals surface area contributed by atoms with Crippen LogP contribution in [0.5, 0.6) is 0 Å². The number of carboxylic acid groups (broad SMARTS) is 1. The molecule has 0 aliphatic carbocycles. The Morgan fingerprint density at radius 1 is 1.53 bits per heavy atom. The molecule has 88 valence electrons. The first-order chi connectivity index (χ1) is 7.19. The number of aliphatic carboxylic acids is 1. The zero-order valence-corrected chi connectivity index (χ0v) is 9.91. The Hall–Kier alpha value is -0.570. The predicted octanol–water partition coefficient (Wildman–Crippen LogP) is 2.36. The van der Waals surface area contributed by atoms with E-state index in [-0.39, 0.29) is 5.92 Å².